The van der Waals surface area contributed by atoms with Crippen molar-refractivity contribution in [2.75, 3.05) is 19.5 Å². The molecule has 1 aliphatic heterocycles. The molecule has 23 heavy (non-hydrogen) atoms. The molecule has 2 aromatic carbocycles. The number of fused-ring (bicyclic) bond motifs is 1. The van der Waals surface area contributed by atoms with Crippen LogP contribution in [0.15, 0.2) is 30.3 Å². The van der Waals surface area contributed by atoms with Crippen molar-refractivity contribution in [3.8, 4) is 11.5 Å². The zero-order valence-corrected chi connectivity index (χ0v) is 12.7. The average Bonchev–Trinajstić information content (AvgIpc) is 2.55. The normalized spacial score (nSPS) is 16.5. The highest BCUT2D eigenvalue weighted by molar-refractivity contribution is 5.96. The topological polar surface area (TPSA) is 47.6 Å². The van der Waals surface area contributed by atoms with E-state index in [1.54, 1.807) is 12.1 Å². The predicted octanol–water partition coefficient (Wildman–Crippen LogP) is 3.46. The number of benzene rings is 2. The van der Waals surface area contributed by atoms with E-state index in [4.69, 9.17) is 9.47 Å². The molecular weight excluding hydrogens is 304 g/mol. The molecule has 4 nitrogen and oxygen atoms in total. The highest BCUT2D eigenvalue weighted by Gasteiger charge is 2.31. The Hall–Kier alpha value is -2.63. The second-order valence-corrected chi connectivity index (χ2v) is 5.27. The number of carbonyl (C=O) groups excluding carboxylic acids is 1. The van der Waals surface area contributed by atoms with Crippen LogP contribution in [-0.4, -0.2) is 20.1 Å². The Morgan fingerprint density at radius 3 is 2.52 bits per heavy atom. The van der Waals surface area contributed by atoms with Crippen LogP contribution in [0.2, 0.25) is 0 Å². The second kappa shape index (κ2) is 5.87. The van der Waals surface area contributed by atoms with Gasteiger partial charge in [-0.1, -0.05) is 6.07 Å². The molecule has 0 aromatic heterocycles. The molecule has 1 N–H and O–H groups in total. The molecule has 0 aliphatic carbocycles. The quantitative estimate of drug-likeness (QED) is 0.942. The van der Waals surface area contributed by atoms with Crippen LogP contribution in [0.1, 0.15) is 23.5 Å². The van der Waals surface area contributed by atoms with Gasteiger partial charge in [0.15, 0.2) is 11.6 Å². The first-order chi connectivity index (χ1) is 11.0. The molecule has 1 unspecified atom stereocenters. The maximum atomic E-state index is 13.6. The van der Waals surface area contributed by atoms with E-state index in [9.17, 15) is 13.6 Å². The number of nitrogens with one attached hydrogen (secondary N) is 1. The fourth-order valence-corrected chi connectivity index (χ4v) is 2.85. The molecular formula is C17H15F2NO3. The van der Waals surface area contributed by atoms with E-state index in [1.165, 1.54) is 20.3 Å². The summed E-state index contributed by atoms with van der Waals surface area (Å²) < 4.78 is 37.4. The SMILES string of the molecule is COc1cc2c(c(OC)c1)C(c1ccc(F)c(F)c1)CC(=O)N2. The van der Waals surface area contributed by atoms with E-state index in [2.05, 4.69) is 5.32 Å². The number of ether oxygens (including phenoxy) is 2. The predicted molar refractivity (Wildman–Crippen MR) is 81.0 cm³/mol. The number of hydrogen-bond donors (Lipinski definition) is 1. The molecule has 0 spiro atoms. The first-order valence-corrected chi connectivity index (χ1v) is 7.04. The van der Waals surface area contributed by atoms with Crippen LogP contribution in [-0.2, 0) is 4.79 Å². The molecule has 0 saturated heterocycles. The fraction of sp³-hybridized carbons (Fsp3) is 0.235. The Balaban J connectivity index is 2.17. The summed E-state index contributed by atoms with van der Waals surface area (Å²) in [5, 5.41) is 2.77. The van der Waals surface area contributed by atoms with Crippen molar-refractivity contribution >= 4 is 11.6 Å². The minimum absolute atomic E-state index is 0.126. The van der Waals surface area contributed by atoms with E-state index < -0.39 is 17.6 Å². The summed E-state index contributed by atoms with van der Waals surface area (Å²) in [5.41, 5.74) is 1.79. The Kier molecular flexibility index (Phi) is 3.90. The molecule has 1 aliphatic rings. The van der Waals surface area contributed by atoms with Gasteiger partial charge in [-0.3, -0.25) is 4.79 Å². The molecule has 120 valence electrons. The molecule has 0 bridgehead atoms. The molecule has 3 rings (SSSR count). The van der Waals surface area contributed by atoms with Crippen molar-refractivity contribution < 1.29 is 23.0 Å². The van der Waals surface area contributed by atoms with Crippen LogP contribution >= 0.6 is 0 Å². The van der Waals surface area contributed by atoms with Gasteiger partial charge in [0.2, 0.25) is 5.91 Å². The Morgan fingerprint density at radius 1 is 1.09 bits per heavy atom. The number of halogens is 2. The van der Waals surface area contributed by atoms with E-state index >= 15 is 0 Å². The highest BCUT2D eigenvalue weighted by Crippen LogP contribution is 2.44. The monoisotopic (exact) mass is 319 g/mol. The number of hydrogen-bond acceptors (Lipinski definition) is 3. The molecule has 2 aromatic rings. The second-order valence-electron chi connectivity index (χ2n) is 5.27. The fourth-order valence-electron chi connectivity index (χ4n) is 2.85. The number of amides is 1. The van der Waals surface area contributed by atoms with Gasteiger partial charge in [-0.05, 0) is 17.7 Å². The van der Waals surface area contributed by atoms with Crippen molar-refractivity contribution in [3.05, 3.63) is 53.1 Å². The molecule has 0 saturated carbocycles. The Morgan fingerprint density at radius 2 is 1.87 bits per heavy atom. The summed E-state index contributed by atoms with van der Waals surface area (Å²) >= 11 is 0. The molecule has 0 radical (unpaired) electrons. The van der Waals surface area contributed by atoms with E-state index in [1.807, 2.05) is 0 Å². The third-order valence-corrected chi connectivity index (χ3v) is 3.93. The van der Waals surface area contributed by atoms with Crippen molar-refractivity contribution in [2.24, 2.45) is 0 Å². The summed E-state index contributed by atoms with van der Waals surface area (Å²) in [7, 11) is 3.02. The number of carbonyl (C=O) groups is 1. The van der Waals surface area contributed by atoms with Gasteiger partial charge in [-0.2, -0.15) is 0 Å². The molecule has 0 fully saturated rings. The first kappa shape index (κ1) is 15.3. The first-order valence-electron chi connectivity index (χ1n) is 7.04. The van der Waals surface area contributed by atoms with E-state index in [-0.39, 0.29) is 12.3 Å². The van der Waals surface area contributed by atoms with Gasteiger partial charge >= 0.3 is 0 Å². The summed E-state index contributed by atoms with van der Waals surface area (Å²) in [5.74, 6) is -1.43. The van der Waals surface area contributed by atoms with Gasteiger partial charge in [-0.15, -0.1) is 0 Å². The van der Waals surface area contributed by atoms with Gasteiger partial charge in [0.05, 0.1) is 19.9 Å². The summed E-state index contributed by atoms with van der Waals surface area (Å²) in [4.78, 5) is 12.0. The van der Waals surface area contributed by atoms with Crippen LogP contribution in [0.25, 0.3) is 0 Å². The third kappa shape index (κ3) is 2.72. The van der Waals surface area contributed by atoms with Gasteiger partial charge in [0.25, 0.3) is 0 Å². The lowest BCUT2D eigenvalue weighted by Crippen LogP contribution is -2.24. The standard InChI is InChI=1S/C17H15F2NO3/c1-22-10-6-14-17(15(7-10)23-2)11(8-16(21)20-14)9-3-4-12(18)13(19)5-9/h3-7,11H,8H2,1-2H3,(H,20,21). The van der Waals surface area contributed by atoms with Crippen LogP contribution < -0.4 is 14.8 Å². The summed E-state index contributed by atoms with van der Waals surface area (Å²) in [6.07, 6.45) is 0.126. The van der Waals surface area contributed by atoms with Crippen molar-refractivity contribution in [1.82, 2.24) is 0 Å². The van der Waals surface area contributed by atoms with Crippen LogP contribution in [0.3, 0.4) is 0 Å². The molecule has 1 amide bonds. The lowest BCUT2D eigenvalue weighted by atomic mass is 9.84. The van der Waals surface area contributed by atoms with Crippen molar-refractivity contribution in [2.45, 2.75) is 12.3 Å². The smallest absolute Gasteiger partial charge is 0.225 e. The zero-order valence-electron chi connectivity index (χ0n) is 12.7. The maximum Gasteiger partial charge on any atom is 0.225 e. The summed E-state index contributed by atoms with van der Waals surface area (Å²) in [6.45, 7) is 0. The third-order valence-electron chi connectivity index (χ3n) is 3.93. The summed E-state index contributed by atoms with van der Waals surface area (Å²) in [6, 6.07) is 7.04. The van der Waals surface area contributed by atoms with Crippen molar-refractivity contribution in [1.29, 1.82) is 0 Å². The molecule has 1 atom stereocenters. The van der Waals surface area contributed by atoms with E-state index in [0.29, 0.717) is 22.7 Å². The van der Waals surface area contributed by atoms with Gasteiger partial charge < -0.3 is 14.8 Å². The Bertz CT molecular complexity index is 777. The zero-order chi connectivity index (χ0) is 16.6. The minimum atomic E-state index is -0.942. The number of anilines is 1. The lowest BCUT2D eigenvalue weighted by Gasteiger charge is -2.28. The molecule has 6 heteroatoms. The minimum Gasteiger partial charge on any atom is -0.497 e. The molecule has 1 heterocycles. The maximum absolute atomic E-state index is 13.6. The van der Waals surface area contributed by atoms with Crippen LogP contribution in [0.4, 0.5) is 14.5 Å². The van der Waals surface area contributed by atoms with Crippen LogP contribution in [0.5, 0.6) is 11.5 Å². The number of methoxy groups -OCH3 is 2. The lowest BCUT2D eigenvalue weighted by molar-refractivity contribution is -0.116. The Labute approximate surface area is 132 Å². The van der Waals surface area contributed by atoms with Crippen molar-refractivity contribution in [3.63, 3.8) is 0 Å². The average molecular weight is 319 g/mol. The van der Waals surface area contributed by atoms with Gasteiger partial charge in [-0.25, -0.2) is 8.78 Å². The number of rotatable bonds is 3. The highest BCUT2D eigenvalue weighted by atomic mass is 19.2. The largest absolute Gasteiger partial charge is 0.497 e. The van der Waals surface area contributed by atoms with E-state index in [0.717, 1.165) is 17.7 Å². The van der Waals surface area contributed by atoms with Gasteiger partial charge in [0.1, 0.15) is 11.5 Å². The van der Waals surface area contributed by atoms with Crippen LogP contribution in [0, 0.1) is 11.6 Å². The van der Waals surface area contributed by atoms with Gasteiger partial charge in [0, 0.05) is 30.0 Å².